The fourth-order valence-electron chi connectivity index (χ4n) is 1.62. The van der Waals surface area contributed by atoms with Gasteiger partial charge in [-0.05, 0) is 30.7 Å². The number of rotatable bonds is 3. The van der Waals surface area contributed by atoms with E-state index in [0.717, 1.165) is 16.9 Å². The van der Waals surface area contributed by atoms with E-state index in [1.54, 1.807) is 18.4 Å². The first kappa shape index (κ1) is 11.2. The molecule has 0 radical (unpaired) electrons. The van der Waals surface area contributed by atoms with Gasteiger partial charge in [0.25, 0.3) is 0 Å². The maximum Gasteiger partial charge on any atom is 0.125 e. The van der Waals surface area contributed by atoms with Crippen molar-refractivity contribution >= 4 is 11.3 Å². The van der Waals surface area contributed by atoms with Gasteiger partial charge in [0.05, 0.1) is 13.7 Å². The number of aliphatic hydroxyl groups excluding tert-OH is 1. The van der Waals surface area contributed by atoms with Crippen LogP contribution in [0.1, 0.15) is 10.4 Å². The van der Waals surface area contributed by atoms with Gasteiger partial charge in [0, 0.05) is 15.3 Å². The third-order valence-electron chi connectivity index (χ3n) is 2.48. The van der Waals surface area contributed by atoms with E-state index >= 15 is 0 Å². The van der Waals surface area contributed by atoms with Crippen LogP contribution in [0.15, 0.2) is 30.3 Å². The molecular formula is C13H14O2S. The largest absolute Gasteiger partial charge is 0.496 e. The van der Waals surface area contributed by atoms with Crippen molar-refractivity contribution in [3.63, 3.8) is 0 Å². The molecular weight excluding hydrogens is 220 g/mol. The number of hydrogen-bond donors (Lipinski definition) is 1. The molecule has 0 atom stereocenters. The van der Waals surface area contributed by atoms with E-state index < -0.39 is 0 Å². The van der Waals surface area contributed by atoms with Crippen LogP contribution in [0, 0.1) is 6.92 Å². The van der Waals surface area contributed by atoms with Crippen molar-refractivity contribution in [2.45, 2.75) is 13.5 Å². The molecule has 84 valence electrons. The van der Waals surface area contributed by atoms with Crippen LogP contribution in [-0.4, -0.2) is 12.2 Å². The average Bonchev–Trinajstić information content (AvgIpc) is 2.75. The lowest BCUT2D eigenvalue weighted by molar-refractivity contribution is 0.274. The molecule has 2 rings (SSSR count). The number of methoxy groups -OCH3 is 1. The third kappa shape index (κ3) is 2.10. The lowest BCUT2D eigenvalue weighted by Gasteiger charge is -2.07. The van der Waals surface area contributed by atoms with E-state index in [-0.39, 0.29) is 6.61 Å². The number of hydrogen-bond acceptors (Lipinski definition) is 3. The number of aryl methyl sites for hydroxylation is 1. The summed E-state index contributed by atoms with van der Waals surface area (Å²) in [4.78, 5) is 2.51. The lowest BCUT2D eigenvalue weighted by atomic mass is 10.1. The highest BCUT2D eigenvalue weighted by Gasteiger charge is 2.06. The summed E-state index contributed by atoms with van der Waals surface area (Å²) in [7, 11) is 1.62. The van der Waals surface area contributed by atoms with E-state index in [4.69, 9.17) is 9.84 Å². The zero-order valence-electron chi connectivity index (χ0n) is 9.36. The van der Waals surface area contributed by atoms with Crippen LogP contribution in [0.5, 0.6) is 5.75 Å². The van der Waals surface area contributed by atoms with Gasteiger partial charge in [0.2, 0.25) is 0 Å². The predicted molar refractivity (Wildman–Crippen MR) is 67.0 cm³/mol. The molecule has 1 N–H and O–H groups in total. The third-order valence-corrected chi connectivity index (χ3v) is 3.53. The van der Waals surface area contributed by atoms with Crippen LogP contribution >= 0.6 is 11.3 Å². The highest BCUT2D eigenvalue weighted by molar-refractivity contribution is 7.15. The van der Waals surface area contributed by atoms with Gasteiger partial charge in [0.15, 0.2) is 0 Å². The summed E-state index contributed by atoms with van der Waals surface area (Å²) >= 11 is 1.76. The summed E-state index contributed by atoms with van der Waals surface area (Å²) in [5.41, 5.74) is 1.95. The fourth-order valence-corrected chi connectivity index (χ4v) is 2.48. The minimum atomic E-state index is 0.00687. The van der Waals surface area contributed by atoms with Crippen molar-refractivity contribution < 1.29 is 9.84 Å². The number of ether oxygens (including phenoxy) is 1. The Morgan fingerprint density at radius 3 is 2.62 bits per heavy atom. The van der Waals surface area contributed by atoms with E-state index in [1.807, 2.05) is 18.2 Å². The van der Waals surface area contributed by atoms with E-state index in [2.05, 4.69) is 19.1 Å². The zero-order chi connectivity index (χ0) is 11.5. The average molecular weight is 234 g/mol. The Labute approximate surface area is 99.1 Å². The highest BCUT2D eigenvalue weighted by atomic mass is 32.1. The molecule has 1 aromatic heterocycles. The van der Waals surface area contributed by atoms with Gasteiger partial charge in [-0.3, -0.25) is 0 Å². The smallest absolute Gasteiger partial charge is 0.125 e. The van der Waals surface area contributed by atoms with Crippen molar-refractivity contribution in [1.29, 1.82) is 0 Å². The predicted octanol–water partition coefficient (Wildman–Crippen LogP) is 3.22. The summed E-state index contributed by atoms with van der Waals surface area (Å²) in [6.07, 6.45) is 0. The molecule has 0 saturated heterocycles. The molecule has 0 unspecified atom stereocenters. The Bertz CT molecular complexity index is 488. The maximum absolute atomic E-state index is 9.14. The Morgan fingerprint density at radius 2 is 2.06 bits per heavy atom. The van der Waals surface area contributed by atoms with Crippen molar-refractivity contribution in [2.75, 3.05) is 7.11 Å². The number of aliphatic hydroxyl groups is 1. The van der Waals surface area contributed by atoms with Crippen LogP contribution < -0.4 is 4.74 Å². The number of benzene rings is 1. The summed E-state index contributed by atoms with van der Waals surface area (Å²) in [6.45, 7) is 2.10. The molecule has 0 saturated carbocycles. The Kier molecular flexibility index (Phi) is 3.27. The van der Waals surface area contributed by atoms with Crippen LogP contribution in [0.4, 0.5) is 0 Å². The fraction of sp³-hybridized carbons (Fsp3) is 0.231. The van der Waals surface area contributed by atoms with Gasteiger partial charge in [-0.25, -0.2) is 0 Å². The maximum atomic E-state index is 9.14. The SMILES string of the molecule is COc1cc(-c2ccc(C)s2)ccc1CO. The normalized spacial score (nSPS) is 10.4. The first-order chi connectivity index (χ1) is 7.74. The molecule has 0 fully saturated rings. The van der Waals surface area contributed by atoms with E-state index in [9.17, 15) is 0 Å². The highest BCUT2D eigenvalue weighted by Crippen LogP contribution is 2.31. The van der Waals surface area contributed by atoms with Crippen molar-refractivity contribution in [2.24, 2.45) is 0 Å². The molecule has 0 bridgehead atoms. The molecule has 0 amide bonds. The van der Waals surface area contributed by atoms with Crippen molar-refractivity contribution in [3.05, 3.63) is 40.8 Å². The van der Waals surface area contributed by atoms with Gasteiger partial charge < -0.3 is 9.84 Å². The zero-order valence-corrected chi connectivity index (χ0v) is 10.2. The van der Waals surface area contributed by atoms with Crippen LogP contribution in [0.25, 0.3) is 10.4 Å². The minimum absolute atomic E-state index is 0.00687. The minimum Gasteiger partial charge on any atom is -0.496 e. The second kappa shape index (κ2) is 4.68. The topological polar surface area (TPSA) is 29.5 Å². The van der Waals surface area contributed by atoms with Crippen LogP contribution in [0.3, 0.4) is 0 Å². The molecule has 0 aliphatic rings. The van der Waals surface area contributed by atoms with Gasteiger partial charge in [-0.15, -0.1) is 11.3 Å². The summed E-state index contributed by atoms with van der Waals surface area (Å²) in [5.74, 6) is 0.742. The summed E-state index contributed by atoms with van der Waals surface area (Å²) < 4.78 is 5.25. The first-order valence-corrected chi connectivity index (χ1v) is 5.91. The second-order valence-electron chi connectivity index (χ2n) is 3.60. The first-order valence-electron chi connectivity index (χ1n) is 5.09. The second-order valence-corrected chi connectivity index (χ2v) is 4.88. The molecule has 2 nitrogen and oxygen atoms in total. The summed E-state index contributed by atoms with van der Waals surface area (Å²) in [5, 5.41) is 9.14. The summed E-state index contributed by atoms with van der Waals surface area (Å²) in [6, 6.07) is 10.1. The standard InChI is InChI=1S/C13H14O2S/c1-9-3-6-13(16-9)10-4-5-11(8-14)12(7-10)15-2/h3-7,14H,8H2,1-2H3. The van der Waals surface area contributed by atoms with E-state index in [0.29, 0.717) is 0 Å². The van der Waals surface area contributed by atoms with Gasteiger partial charge >= 0.3 is 0 Å². The monoisotopic (exact) mass is 234 g/mol. The van der Waals surface area contributed by atoms with Crippen LogP contribution in [0.2, 0.25) is 0 Å². The van der Waals surface area contributed by atoms with Crippen molar-refractivity contribution in [1.82, 2.24) is 0 Å². The Morgan fingerprint density at radius 1 is 1.25 bits per heavy atom. The quantitative estimate of drug-likeness (QED) is 0.883. The molecule has 1 heterocycles. The molecule has 3 heteroatoms. The van der Waals surface area contributed by atoms with E-state index in [1.165, 1.54) is 9.75 Å². The lowest BCUT2D eigenvalue weighted by Crippen LogP contribution is -1.91. The molecule has 0 spiro atoms. The Balaban J connectivity index is 2.43. The van der Waals surface area contributed by atoms with Crippen molar-refractivity contribution in [3.8, 4) is 16.2 Å². The number of thiophene rings is 1. The van der Waals surface area contributed by atoms with Gasteiger partial charge in [0.1, 0.15) is 5.75 Å². The van der Waals surface area contributed by atoms with Gasteiger partial charge in [-0.1, -0.05) is 12.1 Å². The Hall–Kier alpha value is -1.32. The molecule has 1 aromatic carbocycles. The molecule has 16 heavy (non-hydrogen) atoms. The molecule has 0 aliphatic carbocycles. The van der Waals surface area contributed by atoms with Crippen LogP contribution in [-0.2, 0) is 6.61 Å². The molecule has 0 aliphatic heterocycles. The molecule has 2 aromatic rings. The van der Waals surface area contributed by atoms with Gasteiger partial charge in [-0.2, -0.15) is 0 Å².